The van der Waals surface area contributed by atoms with Gasteiger partial charge in [0, 0.05) is 26.2 Å². The zero-order chi connectivity index (χ0) is 16.3. The summed E-state index contributed by atoms with van der Waals surface area (Å²) in [4.78, 5) is 2.45. The predicted octanol–water partition coefficient (Wildman–Crippen LogP) is 2.66. The van der Waals surface area contributed by atoms with E-state index >= 15 is 0 Å². The van der Waals surface area contributed by atoms with Gasteiger partial charge in [-0.3, -0.25) is 4.90 Å². The predicted molar refractivity (Wildman–Crippen MR) is 83.8 cm³/mol. The highest BCUT2D eigenvalue weighted by Gasteiger charge is 2.33. The minimum absolute atomic E-state index is 0.0117. The summed E-state index contributed by atoms with van der Waals surface area (Å²) in [7, 11) is 0. The Morgan fingerprint density at radius 3 is 2.83 bits per heavy atom. The Hall–Kier alpha value is -1.24. The summed E-state index contributed by atoms with van der Waals surface area (Å²) >= 11 is 0. The van der Waals surface area contributed by atoms with Gasteiger partial charge < -0.3 is 14.8 Å². The Morgan fingerprint density at radius 1 is 1.39 bits per heavy atom. The minimum atomic E-state index is -2.79. The highest BCUT2D eigenvalue weighted by Crippen LogP contribution is 2.30. The van der Waals surface area contributed by atoms with E-state index < -0.39 is 6.61 Å². The van der Waals surface area contributed by atoms with Gasteiger partial charge in [-0.1, -0.05) is 19.1 Å². The second kappa shape index (κ2) is 7.11. The molecule has 1 N–H and O–H groups in total. The molecule has 1 aromatic carbocycles. The summed E-state index contributed by atoms with van der Waals surface area (Å²) in [5.41, 5.74) is 1.34. The number of ether oxygens (including phenoxy) is 2. The summed E-state index contributed by atoms with van der Waals surface area (Å²) < 4.78 is 34.7. The van der Waals surface area contributed by atoms with Crippen molar-refractivity contribution in [3.05, 3.63) is 29.8 Å². The fourth-order valence-corrected chi connectivity index (χ4v) is 3.46. The lowest BCUT2D eigenvalue weighted by Gasteiger charge is -2.37. The van der Waals surface area contributed by atoms with Crippen molar-refractivity contribution in [3.63, 3.8) is 0 Å². The lowest BCUT2D eigenvalue weighted by atomic mass is 9.89. The second-order valence-corrected chi connectivity index (χ2v) is 6.78. The van der Waals surface area contributed by atoms with Crippen LogP contribution in [0.1, 0.15) is 25.0 Å². The fourth-order valence-electron chi connectivity index (χ4n) is 3.46. The minimum Gasteiger partial charge on any atom is -0.435 e. The molecule has 0 spiro atoms. The van der Waals surface area contributed by atoms with E-state index in [9.17, 15) is 8.78 Å². The molecule has 2 aliphatic heterocycles. The number of rotatable bonds is 5. The van der Waals surface area contributed by atoms with E-state index in [1.807, 2.05) is 12.1 Å². The SMILES string of the molecule is CC1(CN2CCOC(c3ccc(OC(F)F)cc3)C2)CCNC1. The summed E-state index contributed by atoms with van der Waals surface area (Å²) in [6.45, 7) is 5.24. The smallest absolute Gasteiger partial charge is 0.387 e. The van der Waals surface area contributed by atoms with Crippen LogP contribution in [0.5, 0.6) is 5.75 Å². The summed E-state index contributed by atoms with van der Waals surface area (Å²) in [6, 6.07) is 6.77. The fraction of sp³-hybridized carbons (Fsp3) is 0.647. The van der Waals surface area contributed by atoms with Gasteiger partial charge in [0.15, 0.2) is 0 Å². The highest BCUT2D eigenvalue weighted by molar-refractivity contribution is 5.29. The van der Waals surface area contributed by atoms with Crippen molar-refractivity contribution in [2.24, 2.45) is 5.41 Å². The Labute approximate surface area is 135 Å². The molecule has 0 bridgehead atoms. The third-order valence-electron chi connectivity index (χ3n) is 4.69. The van der Waals surface area contributed by atoms with Crippen molar-refractivity contribution in [1.29, 1.82) is 0 Å². The van der Waals surface area contributed by atoms with Crippen LogP contribution in [-0.2, 0) is 4.74 Å². The van der Waals surface area contributed by atoms with Crippen molar-refractivity contribution in [1.82, 2.24) is 10.2 Å². The number of hydrogen-bond acceptors (Lipinski definition) is 4. The van der Waals surface area contributed by atoms with E-state index in [4.69, 9.17) is 4.74 Å². The number of halogens is 2. The molecule has 6 heteroatoms. The number of benzene rings is 1. The average Bonchev–Trinajstić information content (AvgIpc) is 2.94. The van der Waals surface area contributed by atoms with Gasteiger partial charge in [-0.2, -0.15) is 8.78 Å². The molecule has 23 heavy (non-hydrogen) atoms. The van der Waals surface area contributed by atoms with Crippen molar-refractivity contribution in [2.75, 3.05) is 39.3 Å². The van der Waals surface area contributed by atoms with E-state index in [-0.39, 0.29) is 11.9 Å². The maximum Gasteiger partial charge on any atom is 0.387 e. The normalized spacial score (nSPS) is 29.1. The van der Waals surface area contributed by atoms with Gasteiger partial charge in [0.1, 0.15) is 5.75 Å². The first-order chi connectivity index (χ1) is 11.0. The lowest BCUT2D eigenvalue weighted by molar-refractivity contribution is -0.0501. The monoisotopic (exact) mass is 326 g/mol. The van der Waals surface area contributed by atoms with Gasteiger partial charge in [0.25, 0.3) is 0 Å². The number of nitrogens with one attached hydrogen (secondary N) is 1. The molecule has 0 aliphatic carbocycles. The zero-order valence-corrected chi connectivity index (χ0v) is 13.4. The molecule has 3 rings (SSSR count). The van der Waals surface area contributed by atoms with E-state index in [2.05, 4.69) is 21.9 Å². The van der Waals surface area contributed by atoms with E-state index in [0.717, 1.165) is 38.3 Å². The molecule has 0 radical (unpaired) electrons. The molecule has 128 valence electrons. The van der Waals surface area contributed by atoms with Crippen molar-refractivity contribution in [3.8, 4) is 5.75 Å². The van der Waals surface area contributed by atoms with Crippen LogP contribution in [0.15, 0.2) is 24.3 Å². The third-order valence-corrected chi connectivity index (χ3v) is 4.69. The van der Waals surface area contributed by atoms with Gasteiger partial charge in [0.05, 0.1) is 12.7 Å². The zero-order valence-electron chi connectivity index (χ0n) is 13.4. The van der Waals surface area contributed by atoms with Crippen LogP contribution in [0.4, 0.5) is 8.78 Å². The van der Waals surface area contributed by atoms with E-state index in [1.165, 1.54) is 6.42 Å². The van der Waals surface area contributed by atoms with Crippen LogP contribution in [-0.4, -0.2) is 50.8 Å². The lowest BCUT2D eigenvalue weighted by Crippen LogP contribution is -2.44. The molecule has 1 aromatic rings. The molecule has 4 nitrogen and oxygen atoms in total. The number of nitrogens with zero attached hydrogens (tertiary/aromatic N) is 1. The molecule has 0 saturated carbocycles. The van der Waals surface area contributed by atoms with Crippen molar-refractivity contribution < 1.29 is 18.3 Å². The van der Waals surface area contributed by atoms with E-state index in [1.54, 1.807) is 12.1 Å². The second-order valence-electron chi connectivity index (χ2n) is 6.78. The molecule has 2 saturated heterocycles. The Morgan fingerprint density at radius 2 is 2.17 bits per heavy atom. The number of alkyl halides is 2. The van der Waals surface area contributed by atoms with Gasteiger partial charge in [-0.05, 0) is 36.1 Å². The van der Waals surface area contributed by atoms with Crippen LogP contribution in [0.2, 0.25) is 0 Å². The number of morpholine rings is 1. The highest BCUT2D eigenvalue weighted by atomic mass is 19.3. The summed E-state index contributed by atoms with van der Waals surface area (Å²) in [5, 5.41) is 3.43. The topological polar surface area (TPSA) is 33.7 Å². The summed E-state index contributed by atoms with van der Waals surface area (Å²) in [6.07, 6.45) is 1.19. The molecule has 2 fully saturated rings. The van der Waals surface area contributed by atoms with E-state index in [0.29, 0.717) is 12.0 Å². The van der Waals surface area contributed by atoms with Crippen LogP contribution >= 0.6 is 0 Å². The van der Waals surface area contributed by atoms with Gasteiger partial charge in [-0.15, -0.1) is 0 Å². The Kier molecular flexibility index (Phi) is 5.14. The molecule has 2 unspecified atom stereocenters. The first kappa shape index (κ1) is 16.6. The standard InChI is InChI=1S/C17H24F2N2O2/c1-17(6-7-20-11-17)12-21-8-9-22-15(10-21)13-2-4-14(5-3-13)23-16(18)19/h2-5,15-16,20H,6-12H2,1H3. The first-order valence-corrected chi connectivity index (χ1v) is 8.14. The molecule has 2 heterocycles. The molecule has 0 aromatic heterocycles. The molecule has 2 atom stereocenters. The quantitative estimate of drug-likeness (QED) is 0.902. The van der Waals surface area contributed by atoms with Gasteiger partial charge >= 0.3 is 6.61 Å². The first-order valence-electron chi connectivity index (χ1n) is 8.14. The maximum absolute atomic E-state index is 12.2. The third kappa shape index (κ3) is 4.40. The molecule has 0 amide bonds. The molecule has 2 aliphatic rings. The molecular weight excluding hydrogens is 302 g/mol. The Bertz CT molecular complexity index is 504. The Balaban J connectivity index is 1.59. The van der Waals surface area contributed by atoms with Crippen molar-refractivity contribution >= 4 is 0 Å². The van der Waals surface area contributed by atoms with Crippen LogP contribution < -0.4 is 10.1 Å². The van der Waals surface area contributed by atoms with Crippen LogP contribution in [0.3, 0.4) is 0 Å². The largest absolute Gasteiger partial charge is 0.435 e. The number of hydrogen-bond donors (Lipinski definition) is 1. The molecular formula is C17H24F2N2O2. The van der Waals surface area contributed by atoms with Gasteiger partial charge in [-0.25, -0.2) is 0 Å². The summed E-state index contributed by atoms with van der Waals surface area (Å²) in [5.74, 6) is 0.181. The van der Waals surface area contributed by atoms with Crippen LogP contribution in [0, 0.1) is 5.41 Å². The maximum atomic E-state index is 12.2. The average molecular weight is 326 g/mol. The van der Waals surface area contributed by atoms with Crippen molar-refractivity contribution in [2.45, 2.75) is 26.1 Å². The van der Waals surface area contributed by atoms with Crippen LogP contribution in [0.25, 0.3) is 0 Å². The van der Waals surface area contributed by atoms with Gasteiger partial charge in [0.2, 0.25) is 0 Å².